The number of hydrogen-bond acceptors (Lipinski definition) is 5. The summed E-state index contributed by atoms with van der Waals surface area (Å²) in [6.45, 7) is 6.49. The molecule has 5 nitrogen and oxygen atoms in total. The van der Waals surface area contributed by atoms with Gasteiger partial charge in [-0.1, -0.05) is 67.6 Å². The first-order valence-electron chi connectivity index (χ1n) is 10.5. The molecule has 164 valence electrons. The highest BCUT2D eigenvalue weighted by atomic mass is 16.5. The van der Waals surface area contributed by atoms with Crippen LogP contribution in [0.25, 0.3) is 0 Å². The van der Waals surface area contributed by atoms with Crippen molar-refractivity contribution in [3.63, 3.8) is 0 Å². The summed E-state index contributed by atoms with van der Waals surface area (Å²) < 4.78 is 17.3. The van der Waals surface area contributed by atoms with Crippen molar-refractivity contribution >= 4 is 5.97 Å². The molecule has 0 radical (unpaired) electrons. The topological polar surface area (TPSA) is 65.0 Å². The molecule has 0 aromatic heterocycles. The Kier molecular flexibility index (Phi) is 9.50. The number of hydrogen-bond donors (Lipinski definition) is 1. The Balaban J connectivity index is 2.01. The molecule has 0 saturated heterocycles. The number of carbonyl (C=O) groups is 1. The van der Waals surface area contributed by atoms with E-state index in [4.69, 9.17) is 14.2 Å². The molecule has 0 aliphatic carbocycles. The predicted molar refractivity (Wildman–Crippen MR) is 117 cm³/mol. The normalized spacial score (nSPS) is 15.2. The van der Waals surface area contributed by atoms with Crippen molar-refractivity contribution in [3.05, 3.63) is 71.8 Å². The van der Waals surface area contributed by atoms with Crippen LogP contribution in [0.2, 0.25) is 0 Å². The van der Waals surface area contributed by atoms with Gasteiger partial charge in [-0.25, -0.2) is 0 Å². The Morgan fingerprint density at radius 2 is 1.53 bits per heavy atom. The molecule has 0 aliphatic heterocycles. The van der Waals surface area contributed by atoms with E-state index < -0.39 is 11.2 Å². The van der Waals surface area contributed by atoms with Crippen LogP contribution in [0.5, 0.6) is 0 Å². The summed E-state index contributed by atoms with van der Waals surface area (Å²) in [5, 5.41) is 11.1. The van der Waals surface area contributed by atoms with Crippen LogP contribution in [-0.2, 0) is 32.2 Å². The summed E-state index contributed by atoms with van der Waals surface area (Å²) in [6.07, 6.45) is 1.56. The van der Waals surface area contributed by atoms with Gasteiger partial charge in [0.2, 0.25) is 0 Å². The van der Waals surface area contributed by atoms with Gasteiger partial charge in [0.1, 0.15) is 0 Å². The van der Waals surface area contributed by atoms with Crippen molar-refractivity contribution in [2.24, 2.45) is 0 Å². The lowest BCUT2D eigenvalue weighted by atomic mass is 9.84. The summed E-state index contributed by atoms with van der Waals surface area (Å²) in [4.78, 5) is 11.2. The van der Waals surface area contributed by atoms with Gasteiger partial charge in [0.25, 0.3) is 0 Å². The Bertz CT molecular complexity index is 745. The first-order valence-corrected chi connectivity index (χ1v) is 10.5. The monoisotopic (exact) mass is 414 g/mol. The van der Waals surface area contributed by atoms with Gasteiger partial charge in [0.05, 0.1) is 37.6 Å². The zero-order valence-electron chi connectivity index (χ0n) is 18.3. The van der Waals surface area contributed by atoms with Crippen LogP contribution >= 0.6 is 0 Å². The Hall–Kier alpha value is -2.21. The standard InChI is InChI=1S/C25H34O5/c1-4-25(15-16-29-21(2)26,30-18-23-13-9-6-10-14-23)19-24(3,27)20-28-17-22-11-7-5-8-12-22/h5-14,27H,4,15-20H2,1-3H3/t24-,25?/m1/s1. The summed E-state index contributed by atoms with van der Waals surface area (Å²) in [5.41, 5.74) is 0.399. The summed E-state index contributed by atoms with van der Waals surface area (Å²) in [6, 6.07) is 19.8. The predicted octanol–water partition coefficient (Wildman–Crippen LogP) is 4.66. The van der Waals surface area contributed by atoms with Gasteiger partial charge < -0.3 is 19.3 Å². The van der Waals surface area contributed by atoms with Crippen molar-refractivity contribution in [1.29, 1.82) is 0 Å². The molecular formula is C25H34O5. The molecule has 2 atom stereocenters. The fourth-order valence-electron chi connectivity index (χ4n) is 3.51. The van der Waals surface area contributed by atoms with E-state index in [-0.39, 0.29) is 19.2 Å². The number of benzene rings is 2. The van der Waals surface area contributed by atoms with Crippen molar-refractivity contribution < 1.29 is 24.1 Å². The first-order chi connectivity index (χ1) is 14.3. The molecule has 1 unspecified atom stereocenters. The molecule has 5 heteroatoms. The van der Waals surface area contributed by atoms with Crippen molar-refractivity contribution in [1.82, 2.24) is 0 Å². The third-order valence-electron chi connectivity index (χ3n) is 5.12. The number of esters is 1. The quantitative estimate of drug-likeness (QED) is 0.483. The molecule has 0 fully saturated rings. The molecule has 0 spiro atoms. The highest BCUT2D eigenvalue weighted by molar-refractivity contribution is 5.65. The maximum Gasteiger partial charge on any atom is 0.302 e. The molecule has 0 amide bonds. The second-order valence-corrected chi connectivity index (χ2v) is 8.05. The second-order valence-electron chi connectivity index (χ2n) is 8.05. The minimum absolute atomic E-state index is 0.186. The molecule has 0 bridgehead atoms. The van der Waals surface area contributed by atoms with Crippen LogP contribution in [-0.4, -0.2) is 35.5 Å². The highest BCUT2D eigenvalue weighted by Crippen LogP contribution is 2.32. The molecule has 2 aromatic rings. The minimum Gasteiger partial charge on any atom is -0.466 e. The van der Waals surface area contributed by atoms with E-state index in [0.29, 0.717) is 32.5 Å². The molecule has 0 heterocycles. The number of ether oxygens (including phenoxy) is 3. The van der Waals surface area contributed by atoms with Gasteiger partial charge in [0, 0.05) is 19.8 Å². The van der Waals surface area contributed by atoms with Gasteiger partial charge in [-0.2, -0.15) is 0 Å². The Morgan fingerprint density at radius 3 is 2.07 bits per heavy atom. The maximum absolute atomic E-state index is 11.2. The van der Waals surface area contributed by atoms with Crippen LogP contribution in [0.1, 0.15) is 51.2 Å². The smallest absolute Gasteiger partial charge is 0.302 e. The fraction of sp³-hybridized carbons (Fsp3) is 0.480. The summed E-state index contributed by atoms with van der Waals surface area (Å²) in [7, 11) is 0. The lowest BCUT2D eigenvalue weighted by molar-refractivity contribution is -0.151. The summed E-state index contributed by atoms with van der Waals surface area (Å²) in [5.74, 6) is -0.319. The van der Waals surface area contributed by atoms with Crippen molar-refractivity contribution in [2.45, 2.75) is 64.4 Å². The van der Waals surface area contributed by atoms with E-state index in [0.717, 1.165) is 11.1 Å². The average Bonchev–Trinajstić information content (AvgIpc) is 2.73. The molecule has 1 N–H and O–H groups in total. The van der Waals surface area contributed by atoms with Gasteiger partial charge in [-0.15, -0.1) is 0 Å². The van der Waals surface area contributed by atoms with E-state index >= 15 is 0 Å². The first kappa shape index (κ1) is 24.1. The SMILES string of the molecule is CCC(CCOC(C)=O)(C[C@@](C)(O)COCc1ccccc1)OCc1ccccc1. The molecule has 2 aromatic carbocycles. The van der Waals surface area contributed by atoms with Crippen molar-refractivity contribution in [2.75, 3.05) is 13.2 Å². The van der Waals surface area contributed by atoms with Gasteiger partial charge in [-0.05, 0) is 24.5 Å². The van der Waals surface area contributed by atoms with E-state index in [1.165, 1.54) is 6.92 Å². The van der Waals surface area contributed by atoms with Crippen LogP contribution in [0.15, 0.2) is 60.7 Å². The zero-order chi connectivity index (χ0) is 21.9. The number of carbonyl (C=O) groups excluding carboxylic acids is 1. The zero-order valence-corrected chi connectivity index (χ0v) is 18.3. The van der Waals surface area contributed by atoms with Crippen LogP contribution in [0.3, 0.4) is 0 Å². The second kappa shape index (κ2) is 11.8. The molecule has 0 aliphatic rings. The van der Waals surface area contributed by atoms with Crippen LogP contribution in [0, 0.1) is 0 Å². The molecule has 30 heavy (non-hydrogen) atoms. The number of aliphatic hydroxyl groups is 1. The van der Waals surface area contributed by atoms with Gasteiger partial charge in [0.15, 0.2) is 0 Å². The number of rotatable bonds is 13. The van der Waals surface area contributed by atoms with E-state index in [9.17, 15) is 9.90 Å². The Labute approximate surface area is 180 Å². The van der Waals surface area contributed by atoms with E-state index in [1.54, 1.807) is 6.92 Å². The average molecular weight is 415 g/mol. The molecular weight excluding hydrogens is 380 g/mol. The minimum atomic E-state index is -1.09. The Morgan fingerprint density at radius 1 is 0.967 bits per heavy atom. The summed E-state index contributed by atoms with van der Waals surface area (Å²) >= 11 is 0. The van der Waals surface area contributed by atoms with E-state index in [2.05, 4.69) is 0 Å². The molecule has 2 rings (SSSR count). The largest absolute Gasteiger partial charge is 0.466 e. The third kappa shape index (κ3) is 8.66. The van der Waals surface area contributed by atoms with E-state index in [1.807, 2.05) is 67.6 Å². The fourth-order valence-corrected chi connectivity index (χ4v) is 3.51. The lowest BCUT2D eigenvalue weighted by Gasteiger charge is -2.39. The third-order valence-corrected chi connectivity index (χ3v) is 5.12. The van der Waals surface area contributed by atoms with Crippen LogP contribution < -0.4 is 0 Å². The highest BCUT2D eigenvalue weighted by Gasteiger charge is 2.38. The maximum atomic E-state index is 11.2. The lowest BCUT2D eigenvalue weighted by Crippen LogP contribution is -2.44. The van der Waals surface area contributed by atoms with Gasteiger partial charge >= 0.3 is 5.97 Å². The van der Waals surface area contributed by atoms with Gasteiger partial charge in [-0.3, -0.25) is 4.79 Å². The van der Waals surface area contributed by atoms with Crippen molar-refractivity contribution in [3.8, 4) is 0 Å². The molecule has 0 saturated carbocycles. The van der Waals surface area contributed by atoms with Crippen LogP contribution in [0.4, 0.5) is 0 Å².